The molecule has 0 bridgehead atoms. The second-order valence-corrected chi connectivity index (χ2v) is 6.93. The average molecular weight is 464 g/mol. The quantitative estimate of drug-likeness (QED) is 0.710. The summed E-state index contributed by atoms with van der Waals surface area (Å²) >= 11 is 10.1. The predicted molar refractivity (Wildman–Crippen MR) is 87.9 cm³/mol. The summed E-state index contributed by atoms with van der Waals surface area (Å²) in [6.07, 6.45) is 2.01. The van der Waals surface area contributed by atoms with Crippen LogP contribution >= 0.6 is 47.8 Å². The van der Waals surface area contributed by atoms with Crippen LogP contribution in [0.15, 0.2) is 49.9 Å². The number of rotatable bonds is 4. The van der Waals surface area contributed by atoms with E-state index in [1.54, 1.807) is 12.3 Å². The number of carboxylic acids is 1. The van der Waals surface area contributed by atoms with Crippen LogP contribution in [0.2, 0.25) is 0 Å². The highest BCUT2D eigenvalue weighted by Crippen LogP contribution is 2.29. The number of benzene rings is 1. The lowest BCUT2D eigenvalue weighted by molar-refractivity contribution is -0.138. The van der Waals surface area contributed by atoms with Crippen LogP contribution in [0, 0.1) is 0 Å². The second kappa shape index (κ2) is 6.83. The maximum absolute atomic E-state index is 11.5. The van der Waals surface area contributed by atoms with Crippen molar-refractivity contribution < 1.29 is 9.90 Å². The Morgan fingerprint density at radius 3 is 2.35 bits per heavy atom. The highest BCUT2D eigenvalue weighted by molar-refractivity contribution is 9.11. The molecule has 0 fully saturated rings. The van der Waals surface area contributed by atoms with E-state index in [9.17, 15) is 9.90 Å². The standard InChI is InChI=1S/C14H10Br3NO2/c15-9-3-1-8(2-4-9)5-11(14(19)20)13-12(17)6-10(16)7-18-13/h1-4,6-7,11H,5H2,(H,19,20). The molecule has 1 N–H and O–H groups in total. The molecule has 1 unspecified atom stereocenters. The maximum atomic E-state index is 11.5. The summed E-state index contributed by atoms with van der Waals surface area (Å²) in [4.78, 5) is 15.8. The molecule has 0 saturated heterocycles. The number of nitrogens with zero attached hydrogens (tertiary/aromatic N) is 1. The summed E-state index contributed by atoms with van der Waals surface area (Å²) in [5, 5.41) is 9.45. The van der Waals surface area contributed by atoms with Gasteiger partial charge in [-0.15, -0.1) is 0 Å². The van der Waals surface area contributed by atoms with Crippen LogP contribution in [-0.2, 0) is 11.2 Å². The first kappa shape index (κ1) is 15.7. The largest absolute Gasteiger partial charge is 0.481 e. The molecule has 0 aliphatic carbocycles. The van der Waals surface area contributed by atoms with Crippen LogP contribution < -0.4 is 0 Å². The molecule has 20 heavy (non-hydrogen) atoms. The fourth-order valence-corrected chi connectivity index (χ4v) is 3.37. The van der Waals surface area contributed by atoms with Gasteiger partial charge in [0, 0.05) is 19.6 Å². The van der Waals surface area contributed by atoms with E-state index in [0.29, 0.717) is 16.6 Å². The van der Waals surface area contributed by atoms with Crippen molar-refractivity contribution in [1.82, 2.24) is 4.98 Å². The van der Waals surface area contributed by atoms with Crippen molar-refractivity contribution >= 4 is 53.8 Å². The van der Waals surface area contributed by atoms with E-state index in [-0.39, 0.29) is 0 Å². The lowest BCUT2D eigenvalue weighted by Gasteiger charge is -2.14. The lowest BCUT2D eigenvalue weighted by Crippen LogP contribution is -2.16. The summed E-state index contributed by atoms with van der Waals surface area (Å²) in [7, 11) is 0. The van der Waals surface area contributed by atoms with Gasteiger partial charge < -0.3 is 5.11 Å². The van der Waals surface area contributed by atoms with Crippen LogP contribution in [0.3, 0.4) is 0 Å². The third-order valence-electron chi connectivity index (χ3n) is 2.82. The number of halogens is 3. The zero-order chi connectivity index (χ0) is 14.7. The minimum Gasteiger partial charge on any atom is -0.481 e. The third-order valence-corrected chi connectivity index (χ3v) is 4.42. The van der Waals surface area contributed by atoms with Crippen LogP contribution in [0.4, 0.5) is 0 Å². The van der Waals surface area contributed by atoms with E-state index in [2.05, 4.69) is 52.8 Å². The molecule has 2 rings (SSSR count). The van der Waals surface area contributed by atoms with Crippen molar-refractivity contribution in [1.29, 1.82) is 0 Å². The van der Waals surface area contributed by atoms with Crippen LogP contribution in [0.5, 0.6) is 0 Å². The molecule has 104 valence electrons. The first-order valence-electron chi connectivity index (χ1n) is 5.75. The fraction of sp³-hybridized carbons (Fsp3) is 0.143. The van der Waals surface area contributed by atoms with Crippen molar-refractivity contribution in [3.63, 3.8) is 0 Å². The molecule has 1 aromatic carbocycles. The Bertz CT molecular complexity index is 629. The Kier molecular flexibility index (Phi) is 5.35. The number of hydrogen-bond acceptors (Lipinski definition) is 2. The molecular weight excluding hydrogens is 454 g/mol. The van der Waals surface area contributed by atoms with Crippen molar-refractivity contribution in [3.8, 4) is 0 Å². The van der Waals surface area contributed by atoms with E-state index >= 15 is 0 Å². The molecule has 0 saturated carbocycles. The van der Waals surface area contributed by atoms with E-state index in [1.807, 2.05) is 24.3 Å². The average Bonchev–Trinajstić information content (AvgIpc) is 2.39. The highest BCUT2D eigenvalue weighted by Gasteiger charge is 2.24. The minimum atomic E-state index is -0.886. The maximum Gasteiger partial charge on any atom is 0.312 e. The Morgan fingerprint density at radius 2 is 1.80 bits per heavy atom. The number of carbonyl (C=O) groups is 1. The number of aromatic nitrogens is 1. The molecule has 1 aromatic heterocycles. The Labute approximate surface area is 141 Å². The van der Waals surface area contributed by atoms with Gasteiger partial charge in [-0.25, -0.2) is 0 Å². The number of carboxylic acid groups (broad SMARTS) is 1. The van der Waals surface area contributed by atoms with Crippen molar-refractivity contribution in [2.75, 3.05) is 0 Å². The number of aliphatic carboxylic acids is 1. The first-order chi connectivity index (χ1) is 9.47. The molecule has 0 amide bonds. The van der Waals surface area contributed by atoms with Gasteiger partial charge in [-0.2, -0.15) is 0 Å². The Hall–Kier alpha value is -0.720. The molecule has 6 heteroatoms. The SMILES string of the molecule is O=C(O)C(Cc1ccc(Br)cc1)c1ncc(Br)cc1Br. The molecule has 0 aliphatic rings. The van der Waals surface area contributed by atoms with Gasteiger partial charge in [0.05, 0.1) is 5.69 Å². The van der Waals surface area contributed by atoms with E-state index in [4.69, 9.17) is 0 Å². The minimum absolute atomic E-state index is 0.399. The van der Waals surface area contributed by atoms with Gasteiger partial charge in [0.2, 0.25) is 0 Å². The van der Waals surface area contributed by atoms with Gasteiger partial charge >= 0.3 is 5.97 Å². The van der Waals surface area contributed by atoms with Gasteiger partial charge in [-0.1, -0.05) is 28.1 Å². The van der Waals surface area contributed by atoms with E-state index < -0.39 is 11.9 Å². The Morgan fingerprint density at radius 1 is 1.15 bits per heavy atom. The van der Waals surface area contributed by atoms with E-state index in [1.165, 1.54) is 0 Å². The van der Waals surface area contributed by atoms with Crippen LogP contribution in [0.25, 0.3) is 0 Å². The summed E-state index contributed by atoms with van der Waals surface area (Å²) in [5.74, 6) is -1.57. The van der Waals surface area contributed by atoms with Gasteiger partial charge in [-0.3, -0.25) is 9.78 Å². The van der Waals surface area contributed by atoms with Gasteiger partial charge in [0.25, 0.3) is 0 Å². The molecule has 1 atom stereocenters. The van der Waals surface area contributed by atoms with E-state index in [0.717, 1.165) is 14.5 Å². The molecule has 0 aliphatic heterocycles. The van der Waals surface area contributed by atoms with Crippen molar-refractivity contribution in [3.05, 3.63) is 61.2 Å². The Balaban J connectivity index is 2.31. The summed E-state index contributed by atoms with van der Waals surface area (Å²) in [6.45, 7) is 0. The second-order valence-electron chi connectivity index (χ2n) is 4.24. The zero-order valence-electron chi connectivity index (χ0n) is 10.2. The molecule has 1 heterocycles. The third kappa shape index (κ3) is 3.90. The zero-order valence-corrected chi connectivity index (χ0v) is 14.9. The predicted octanol–water partition coefficient (Wildman–Crippen LogP) is 4.78. The topological polar surface area (TPSA) is 50.2 Å². The summed E-state index contributed by atoms with van der Waals surface area (Å²) in [5.41, 5.74) is 1.49. The summed E-state index contributed by atoms with van der Waals surface area (Å²) < 4.78 is 2.47. The molecule has 0 radical (unpaired) electrons. The van der Waals surface area contributed by atoms with Gasteiger partial charge in [0.15, 0.2) is 0 Å². The number of pyridine rings is 1. The smallest absolute Gasteiger partial charge is 0.312 e. The first-order valence-corrected chi connectivity index (χ1v) is 8.13. The van der Waals surface area contributed by atoms with Gasteiger partial charge in [0.1, 0.15) is 5.92 Å². The molecule has 2 aromatic rings. The fourth-order valence-electron chi connectivity index (χ4n) is 1.84. The molecule has 3 nitrogen and oxygen atoms in total. The van der Waals surface area contributed by atoms with Crippen molar-refractivity contribution in [2.45, 2.75) is 12.3 Å². The van der Waals surface area contributed by atoms with Crippen molar-refractivity contribution in [2.24, 2.45) is 0 Å². The van der Waals surface area contributed by atoms with Crippen LogP contribution in [-0.4, -0.2) is 16.1 Å². The number of hydrogen-bond donors (Lipinski definition) is 1. The van der Waals surface area contributed by atoms with Gasteiger partial charge in [-0.05, 0) is 62.0 Å². The lowest BCUT2D eigenvalue weighted by atomic mass is 9.96. The highest BCUT2D eigenvalue weighted by atomic mass is 79.9. The normalized spacial score (nSPS) is 12.2. The monoisotopic (exact) mass is 461 g/mol. The molecular formula is C14H10Br3NO2. The summed E-state index contributed by atoms with van der Waals surface area (Å²) in [6, 6.07) is 9.43. The van der Waals surface area contributed by atoms with Crippen LogP contribution in [0.1, 0.15) is 17.2 Å². The molecule has 0 spiro atoms.